The lowest BCUT2D eigenvalue weighted by Gasteiger charge is -2.30. The summed E-state index contributed by atoms with van der Waals surface area (Å²) in [6, 6.07) is 0.306. The minimum atomic E-state index is -3.25. The Hall–Kier alpha value is -0.580. The van der Waals surface area contributed by atoms with Gasteiger partial charge in [-0.05, 0) is 69.1 Å². The normalized spacial score (nSPS) is 36.8. The van der Waals surface area contributed by atoms with E-state index in [1.807, 2.05) is 4.90 Å². The smallest absolute Gasteiger partial charge is 0.238 e. The number of rotatable bonds is 5. The number of fused-ring (bicyclic) bond motifs is 2. The molecule has 1 heterocycles. The number of nitrogens with zero attached hydrogens (tertiary/aromatic N) is 1. The summed E-state index contributed by atoms with van der Waals surface area (Å²) >= 11 is 0. The van der Waals surface area contributed by atoms with E-state index in [1.54, 1.807) is 0 Å². The number of amides is 1. The Labute approximate surface area is 146 Å². The molecule has 0 radical (unpaired) electrons. The molecule has 4 rings (SSSR count). The van der Waals surface area contributed by atoms with Gasteiger partial charge in [0, 0.05) is 12.6 Å². The van der Waals surface area contributed by atoms with Crippen molar-refractivity contribution in [2.75, 3.05) is 12.3 Å². The van der Waals surface area contributed by atoms with Crippen LogP contribution in [0.15, 0.2) is 0 Å². The third-order valence-corrected chi connectivity index (χ3v) is 9.43. The maximum atomic E-state index is 12.7. The lowest BCUT2D eigenvalue weighted by Crippen LogP contribution is -2.41. The molecule has 0 aromatic carbocycles. The minimum absolute atomic E-state index is 0.118. The summed E-state index contributed by atoms with van der Waals surface area (Å²) < 4.78 is 25.0. The van der Waals surface area contributed by atoms with Crippen molar-refractivity contribution in [3.05, 3.63) is 0 Å². The molecule has 0 spiro atoms. The molecule has 24 heavy (non-hydrogen) atoms. The van der Waals surface area contributed by atoms with Crippen LogP contribution < -0.4 is 0 Å². The monoisotopic (exact) mass is 353 g/mol. The maximum absolute atomic E-state index is 12.7. The average molecular weight is 354 g/mol. The van der Waals surface area contributed by atoms with Crippen LogP contribution >= 0.6 is 0 Å². The molecule has 1 aliphatic heterocycles. The highest BCUT2D eigenvalue weighted by atomic mass is 32.2. The molecule has 0 unspecified atom stereocenters. The number of carbonyl (C=O) groups is 1. The minimum Gasteiger partial charge on any atom is -0.339 e. The lowest BCUT2D eigenvalue weighted by molar-refractivity contribution is -0.129. The first-order valence-corrected chi connectivity index (χ1v) is 11.8. The van der Waals surface area contributed by atoms with E-state index in [0.717, 1.165) is 69.2 Å². The molecule has 4 aliphatic rings. The molecule has 3 saturated carbocycles. The van der Waals surface area contributed by atoms with Gasteiger partial charge in [0.2, 0.25) is 5.91 Å². The van der Waals surface area contributed by atoms with Crippen LogP contribution in [0.2, 0.25) is 0 Å². The molecule has 4 nitrogen and oxygen atoms in total. The van der Waals surface area contributed by atoms with Crippen LogP contribution in [0, 0.1) is 17.8 Å². The molecular formula is C19H31NO3S. The SMILES string of the molecule is O=C(CS(=O)(=O)C1CCCC1)N1CCC[C@@H]1C[C@H]1C[C@H]2CC[C@H]1C2. The highest BCUT2D eigenvalue weighted by Crippen LogP contribution is 2.50. The molecule has 136 valence electrons. The Kier molecular flexibility index (Phi) is 4.65. The predicted molar refractivity (Wildman–Crippen MR) is 94.3 cm³/mol. The van der Waals surface area contributed by atoms with Gasteiger partial charge in [0.05, 0.1) is 5.25 Å². The van der Waals surface area contributed by atoms with Gasteiger partial charge in [-0.25, -0.2) is 8.42 Å². The molecule has 5 heteroatoms. The second-order valence-electron chi connectivity index (χ2n) is 8.77. The number of carbonyl (C=O) groups excluding carboxylic acids is 1. The molecule has 3 aliphatic carbocycles. The van der Waals surface area contributed by atoms with Gasteiger partial charge in [-0.3, -0.25) is 4.79 Å². The Morgan fingerprint density at radius 1 is 0.958 bits per heavy atom. The summed E-state index contributed by atoms with van der Waals surface area (Å²) in [5, 5.41) is -0.256. The zero-order valence-electron chi connectivity index (χ0n) is 14.7. The second-order valence-corrected chi connectivity index (χ2v) is 11.0. The van der Waals surface area contributed by atoms with E-state index >= 15 is 0 Å². The van der Waals surface area contributed by atoms with Crippen molar-refractivity contribution < 1.29 is 13.2 Å². The molecule has 1 amide bonds. The van der Waals surface area contributed by atoms with Crippen molar-refractivity contribution in [3.8, 4) is 0 Å². The first kappa shape index (κ1) is 16.9. The summed E-state index contributed by atoms with van der Waals surface area (Å²) in [5.41, 5.74) is 0. The number of likely N-dealkylation sites (tertiary alicyclic amines) is 1. The summed E-state index contributed by atoms with van der Waals surface area (Å²) in [7, 11) is -3.25. The fourth-order valence-electron chi connectivity index (χ4n) is 6.04. The van der Waals surface area contributed by atoms with Gasteiger partial charge < -0.3 is 4.90 Å². The topological polar surface area (TPSA) is 54.5 Å². The van der Waals surface area contributed by atoms with Crippen LogP contribution in [0.1, 0.15) is 70.6 Å². The summed E-state index contributed by atoms with van der Waals surface area (Å²) in [5.74, 6) is 2.24. The fraction of sp³-hybridized carbons (Fsp3) is 0.947. The molecule has 0 aromatic rings. The van der Waals surface area contributed by atoms with Crippen molar-refractivity contribution in [1.82, 2.24) is 4.90 Å². The Balaban J connectivity index is 1.36. The van der Waals surface area contributed by atoms with Crippen LogP contribution in [0.25, 0.3) is 0 Å². The Morgan fingerprint density at radius 2 is 1.75 bits per heavy atom. The zero-order chi connectivity index (χ0) is 16.7. The van der Waals surface area contributed by atoms with E-state index in [-0.39, 0.29) is 16.9 Å². The van der Waals surface area contributed by atoms with E-state index in [0.29, 0.717) is 6.04 Å². The quantitative estimate of drug-likeness (QED) is 0.763. The van der Waals surface area contributed by atoms with Crippen LogP contribution in [0.5, 0.6) is 0 Å². The van der Waals surface area contributed by atoms with Crippen molar-refractivity contribution in [2.45, 2.75) is 81.9 Å². The van der Waals surface area contributed by atoms with Gasteiger partial charge in [-0.2, -0.15) is 0 Å². The summed E-state index contributed by atoms with van der Waals surface area (Å²) in [6.45, 7) is 0.768. The Morgan fingerprint density at radius 3 is 2.42 bits per heavy atom. The van der Waals surface area contributed by atoms with Crippen molar-refractivity contribution in [3.63, 3.8) is 0 Å². The highest BCUT2D eigenvalue weighted by molar-refractivity contribution is 7.92. The third-order valence-electron chi connectivity index (χ3n) is 7.29. The number of hydrogen-bond donors (Lipinski definition) is 0. The molecular weight excluding hydrogens is 322 g/mol. The molecule has 2 bridgehead atoms. The molecule has 4 atom stereocenters. The van der Waals surface area contributed by atoms with Crippen molar-refractivity contribution in [2.24, 2.45) is 17.8 Å². The summed E-state index contributed by atoms with van der Waals surface area (Å²) in [6.07, 6.45) is 12.3. The van der Waals surface area contributed by atoms with Gasteiger partial charge >= 0.3 is 0 Å². The first-order chi connectivity index (χ1) is 11.5. The largest absolute Gasteiger partial charge is 0.339 e. The molecule has 0 aromatic heterocycles. The van der Waals surface area contributed by atoms with E-state index in [1.165, 1.54) is 25.7 Å². The Bertz CT molecular complexity index is 581. The van der Waals surface area contributed by atoms with Crippen LogP contribution in [0.4, 0.5) is 0 Å². The van der Waals surface area contributed by atoms with E-state index in [2.05, 4.69) is 0 Å². The van der Waals surface area contributed by atoms with E-state index < -0.39 is 9.84 Å². The standard InChI is InChI=1S/C19H31NO3S/c21-19(13-24(22,23)18-5-1-2-6-18)20-9-3-4-17(20)12-16-11-14-7-8-15(16)10-14/h14-18H,1-13H2/t14-,15-,16+,17+/m0/s1. The summed E-state index contributed by atoms with van der Waals surface area (Å²) in [4.78, 5) is 14.6. The van der Waals surface area contributed by atoms with E-state index in [4.69, 9.17) is 0 Å². The van der Waals surface area contributed by atoms with Gasteiger partial charge in [0.1, 0.15) is 5.75 Å². The van der Waals surface area contributed by atoms with Crippen molar-refractivity contribution >= 4 is 15.7 Å². The maximum Gasteiger partial charge on any atom is 0.238 e. The van der Waals surface area contributed by atoms with Crippen LogP contribution in [-0.2, 0) is 14.6 Å². The average Bonchev–Trinajstić information content (AvgIpc) is 3.31. The van der Waals surface area contributed by atoms with E-state index in [9.17, 15) is 13.2 Å². The lowest BCUT2D eigenvalue weighted by atomic mass is 9.84. The van der Waals surface area contributed by atoms with Gasteiger partial charge in [0.15, 0.2) is 9.84 Å². The van der Waals surface area contributed by atoms with Crippen LogP contribution in [0.3, 0.4) is 0 Å². The van der Waals surface area contributed by atoms with Gasteiger partial charge in [0.25, 0.3) is 0 Å². The molecule has 0 N–H and O–H groups in total. The first-order valence-electron chi connectivity index (χ1n) is 10.0. The van der Waals surface area contributed by atoms with Crippen molar-refractivity contribution in [1.29, 1.82) is 0 Å². The van der Waals surface area contributed by atoms with Crippen LogP contribution in [-0.4, -0.2) is 42.8 Å². The molecule has 1 saturated heterocycles. The number of hydrogen-bond acceptors (Lipinski definition) is 3. The number of sulfone groups is 1. The highest BCUT2D eigenvalue weighted by Gasteiger charge is 2.42. The third kappa shape index (κ3) is 3.25. The fourth-order valence-corrected chi connectivity index (χ4v) is 7.84. The molecule has 4 fully saturated rings. The zero-order valence-corrected chi connectivity index (χ0v) is 15.5. The predicted octanol–water partition coefficient (Wildman–Crippen LogP) is 3.16. The van der Waals surface area contributed by atoms with Gasteiger partial charge in [-0.15, -0.1) is 0 Å². The van der Waals surface area contributed by atoms with Gasteiger partial charge in [-0.1, -0.05) is 19.3 Å². The second kappa shape index (κ2) is 6.62.